The summed E-state index contributed by atoms with van der Waals surface area (Å²) in [7, 11) is 0. The third-order valence-corrected chi connectivity index (χ3v) is 4.63. The molecule has 1 unspecified atom stereocenters. The molecule has 5 heteroatoms. The smallest absolute Gasteiger partial charge is 0.191 e. The number of guanidine groups is 1. The van der Waals surface area contributed by atoms with Crippen LogP contribution in [0.1, 0.15) is 25.3 Å². The van der Waals surface area contributed by atoms with Gasteiger partial charge in [0.2, 0.25) is 0 Å². The van der Waals surface area contributed by atoms with Crippen molar-refractivity contribution in [3.05, 3.63) is 35.6 Å². The molecule has 1 atom stereocenters. The zero-order valence-corrected chi connectivity index (χ0v) is 12.7. The molecule has 3 nitrogen and oxygen atoms in total. The molecule has 1 saturated heterocycles. The quantitative estimate of drug-likeness (QED) is 0.648. The predicted molar refractivity (Wildman–Crippen MR) is 84.7 cm³/mol. The highest BCUT2D eigenvalue weighted by Gasteiger charge is 2.15. The minimum absolute atomic E-state index is 0.196. The highest BCUT2D eigenvalue weighted by atomic mass is 32.2. The first-order chi connectivity index (χ1) is 9.79. The first-order valence-corrected chi connectivity index (χ1v) is 8.21. The van der Waals surface area contributed by atoms with Gasteiger partial charge in [-0.05, 0) is 31.6 Å². The number of hydrogen-bond acceptors (Lipinski definition) is 2. The molecular formula is C15H22FN3S. The van der Waals surface area contributed by atoms with Gasteiger partial charge in [-0.25, -0.2) is 9.38 Å². The Bertz CT molecular complexity index is 444. The van der Waals surface area contributed by atoms with E-state index in [4.69, 9.17) is 0 Å². The second-order valence-corrected chi connectivity index (χ2v) is 6.21. The van der Waals surface area contributed by atoms with Gasteiger partial charge >= 0.3 is 0 Å². The van der Waals surface area contributed by atoms with Crippen LogP contribution < -0.4 is 10.6 Å². The molecule has 1 aliphatic heterocycles. The van der Waals surface area contributed by atoms with Crippen molar-refractivity contribution in [3.8, 4) is 0 Å². The maximum atomic E-state index is 13.5. The van der Waals surface area contributed by atoms with Gasteiger partial charge in [-0.15, -0.1) is 0 Å². The van der Waals surface area contributed by atoms with Crippen molar-refractivity contribution < 1.29 is 4.39 Å². The number of rotatable bonds is 5. The van der Waals surface area contributed by atoms with Crippen molar-refractivity contribution >= 4 is 17.7 Å². The Labute approximate surface area is 124 Å². The second-order valence-electron chi connectivity index (χ2n) is 4.80. The number of nitrogens with one attached hydrogen (secondary N) is 2. The summed E-state index contributed by atoms with van der Waals surface area (Å²) < 4.78 is 13.5. The van der Waals surface area contributed by atoms with Gasteiger partial charge in [-0.1, -0.05) is 18.2 Å². The Morgan fingerprint density at radius 2 is 2.25 bits per heavy atom. The third kappa shape index (κ3) is 4.71. The van der Waals surface area contributed by atoms with Gasteiger partial charge in [0, 0.05) is 23.9 Å². The fourth-order valence-corrected chi connectivity index (χ4v) is 3.35. The number of aliphatic imine (C=N–C) groups is 1. The lowest BCUT2D eigenvalue weighted by Crippen LogP contribution is -2.40. The Morgan fingerprint density at radius 3 is 2.95 bits per heavy atom. The van der Waals surface area contributed by atoms with Crippen LogP contribution in [0.25, 0.3) is 0 Å². The number of nitrogens with zero attached hydrogens (tertiary/aromatic N) is 1. The van der Waals surface area contributed by atoms with Crippen LogP contribution >= 0.6 is 11.8 Å². The predicted octanol–water partition coefficient (Wildman–Crippen LogP) is 2.78. The topological polar surface area (TPSA) is 36.4 Å². The minimum atomic E-state index is -0.196. The van der Waals surface area contributed by atoms with E-state index in [9.17, 15) is 4.39 Å². The molecule has 20 heavy (non-hydrogen) atoms. The summed E-state index contributed by atoms with van der Waals surface area (Å²) in [6.07, 6.45) is 2.57. The average Bonchev–Trinajstić information content (AvgIpc) is 2.97. The SMILES string of the molecule is CCNC(=NCc1ccccc1F)NCC1CCCS1. The molecule has 110 valence electrons. The number of hydrogen-bond donors (Lipinski definition) is 2. The fourth-order valence-electron chi connectivity index (χ4n) is 2.15. The summed E-state index contributed by atoms with van der Waals surface area (Å²) in [5.74, 6) is 1.83. The lowest BCUT2D eigenvalue weighted by Gasteiger charge is -2.14. The summed E-state index contributed by atoms with van der Waals surface area (Å²) in [6.45, 7) is 4.12. The standard InChI is InChI=1S/C15H22FN3S/c1-2-17-15(19-11-13-7-5-9-20-13)18-10-12-6-3-4-8-14(12)16/h3-4,6,8,13H,2,5,7,9-11H2,1H3,(H2,17,18,19). The molecule has 1 fully saturated rings. The van der Waals surface area contributed by atoms with E-state index in [2.05, 4.69) is 15.6 Å². The van der Waals surface area contributed by atoms with Crippen LogP contribution in [0, 0.1) is 5.82 Å². The summed E-state index contributed by atoms with van der Waals surface area (Å²) in [5.41, 5.74) is 0.625. The molecule has 2 N–H and O–H groups in total. The third-order valence-electron chi connectivity index (χ3n) is 3.23. The van der Waals surface area contributed by atoms with Crippen molar-refractivity contribution in [1.29, 1.82) is 0 Å². The second kappa shape index (κ2) is 8.15. The summed E-state index contributed by atoms with van der Waals surface area (Å²) in [4.78, 5) is 4.45. The van der Waals surface area contributed by atoms with E-state index in [1.807, 2.05) is 24.8 Å². The van der Waals surface area contributed by atoms with Gasteiger partial charge in [0.15, 0.2) is 5.96 Å². The number of benzene rings is 1. The van der Waals surface area contributed by atoms with Crippen LogP contribution in [0.5, 0.6) is 0 Å². The van der Waals surface area contributed by atoms with Gasteiger partial charge in [-0.2, -0.15) is 11.8 Å². The van der Waals surface area contributed by atoms with Crippen molar-refractivity contribution in [1.82, 2.24) is 10.6 Å². The Balaban J connectivity index is 1.89. The van der Waals surface area contributed by atoms with E-state index in [1.54, 1.807) is 12.1 Å². The number of halogens is 1. The molecule has 1 heterocycles. The minimum Gasteiger partial charge on any atom is -0.357 e. The van der Waals surface area contributed by atoms with E-state index >= 15 is 0 Å². The molecule has 1 aliphatic rings. The Hall–Kier alpha value is -1.23. The molecule has 2 rings (SSSR count). The lowest BCUT2D eigenvalue weighted by molar-refractivity contribution is 0.610. The van der Waals surface area contributed by atoms with Crippen LogP contribution in [0.15, 0.2) is 29.3 Å². The first-order valence-electron chi connectivity index (χ1n) is 7.16. The van der Waals surface area contributed by atoms with Gasteiger partial charge in [0.05, 0.1) is 6.54 Å². The molecule has 0 amide bonds. The van der Waals surface area contributed by atoms with Crippen LogP contribution in [0.4, 0.5) is 4.39 Å². The van der Waals surface area contributed by atoms with Gasteiger partial charge in [-0.3, -0.25) is 0 Å². The molecule has 0 bridgehead atoms. The lowest BCUT2D eigenvalue weighted by atomic mass is 10.2. The Morgan fingerprint density at radius 1 is 1.40 bits per heavy atom. The normalized spacial score (nSPS) is 19.1. The van der Waals surface area contributed by atoms with E-state index < -0.39 is 0 Å². The molecule has 0 saturated carbocycles. The van der Waals surface area contributed by atoms with Crippen LogP contribution in [0.3, 0.4) is 0 Å². The monoisotopic (exact) mass is 295 g/mol. The van der Waals surface area contributed by atoms with Crippen LogP contribution in [-0.4, -0.2) is 30.1 Å². The zero-order chi connectivity index (χ0) is 14.2. The maximum absolute atomic E-state index is 13.5. The van der Waals surface area contributed by atoms with E-state index in [0.29, 0.717) is 17.4 Å². The number of thioether (sulfide) groups is 1. The highest BCUT2D eigenvalue weighted by Crippen LogP contribution is 2.25. The van der Waals surface area contributed by atoms with Crippen molar-refractivity contribution in [2.75, 3.05) is 18.8 Å². The molecule has 0 aliphatic carbocycles. The van der Waals surface area contributed by atoms with E-state index in [-0.39, 0.29) is 5.82 Å². The molecule has 0 spiro atoms. The van der Waals surface area contributed by atoms with Crippen molar-refractivity contribution in [3.63, 3.8) is 0 Å². The molecule has 1 aromatic carbocycles. The van der Waals surface area contributed by atoms with E-state index in [0.717, 1.165) is 19.0 Å². The van der Waals surface area contributed by atoms with Crippen LogP contribution in [0.2, 0.25) is 0 Å². The summed E-state index contributed by atoms with van der Waals surface area (Å²) in [6, 6.07) is 6.78. The largest absolute Gasteiger partial charge is 0.357 e. The Kier molecular flexibility index (Phi) is 6.18. The average molecular weight is 295 g/mol. The molecule has 1 aromatic rings. The highest BCUT2D eigenvalue weighted by molar-refractivity contribution is 8.00. The first kappa shape index (κ1) is 15.2. The van der Waals surface area contributed by atoms with Gasteiger partial charge < -0.3 is 10.6 Å². The zero-order valence-electron chi connectivity index (χ0n) is 11.9. The maximum Gasteiger partial charge on any atom is 0.191 e. The van der Waals surface area contributed by atoms with Crippen molar-refractivity contribution in [2.45, 2.75) is 31.6 Å². The van der Waals surface area contributed by atoms with Gasteiger partial charge in [0.25, 0.3) is 0 Å². The van der Waals surface area contributed by atoms with Crippen molar-refractivity contribution in [2.24, 2.45) is 4.99 Å². The molecule has 0 radical (unpaired) electrons. The van der Waals surface area contributed by atoms with Crippen LogP contribution in [-0.2, 0) is 6.54 Å². The fraction of sp³-hybridized carbons (Fsp3) is 0.533. The van der Waals surface area contributed by atoms with Gasteiger partial charge in [0.1, 0.15) is 5.82 Å². The molecular weight excluding hydrogens is 273 g/mol. The van der Waals surface area contributed by atoms with E-state index in [1.165, 1.54) is 24.7 Å². The summed E-state index contributed by atoms with van der Waals surface area (Å²) >= 11 is 2.01. The molecule has 0 aromatic heterocycles. The summed E-state index contributed by atoms with van der Waals surface area (Å²) in [5, 5.41) is 7.22.